The first-order valence-electron chi connectivity index (χ1n) is 5.64. The van der Waals surface area contributed by atoms with Crippen molar-refractivity contribution >= 4 is 5.91 Å². The Bertz CT molecular complexity index is 576. The number of hydroxylamine groups is 1. The molecule has 19 heavy (non-hydrogen) atoms. The summed E-state index contributed by atoms with van der Waals surface area (Å²) >= 11 is 0. The maximum absolute atomic E-state index is 12.8. The van der Waals surface area contributed by atoms with Gasteiger partial charge in [0.2, 0.25) is 0 Å². The topological polar surface area (TPSA) is 38.3 Å². The van der Waals surface area contributed by atoms with Crippen LogP contribution in [-0.4, -0.2) is 5.91 Å². The monoisotopic (exact) mass is 257 g/mol. The molecule has 0 atom stereocenters. The number of carbonyl (C=O) groups is 1. The Labute approximate surface area is 110 Å². The number of rotatable bonds is 4. The molecule has 96 valence electrons. The standard InChI is InChI=1S/C15H12FNO2/c1-2-15(18)17-19-14-9-5-12(6-10-14)11-3-7-13(16)8-4-11/h2-10H,1H2,(H,17,18). The molecule has 0 fully saturated rings. The fourth-order valence-electron chi connectivity index (χ4n) is 1.51. The number of amides is 1. The van der Waals surface area contributed by atoms with Crippen LogP contribution in [0.5, 0.6) is 5.75 Å². The average molecular weight is 257 g/mol. The summed E-state index contributed by atoms with van der Waals surface area (Å²) in [5, 5.41) is 0. The number of hydrogen-bond acceptors (Lipinski definition) is 2. The van der Waals surface area contributed by atoms with Crippen molar-refractivity contribution in [1.82, 2.24) is 5.48 Å². The van der Waals surface area contributed by atoms with Crippen molar-refractivity contribution < 1.29 is 14.0 Å². The second-order valence-electron chi connectivity index (χ2n) is 3.80. The zero-order valence-corrected chi connectivity index (χ0v) is 10.1. The Hall–Kier alpha value is -2.62. The van der Waals surface area contributed by atoms with E-state index in [1.54, 1.807) is 24.3 Å². The van der Waals surface area contributed by atoms with Crippen molar-refractivity contribution in [2.75, 3.05) is 0 Å². The Kier molecular flexibility index (Phi) is 3.93. The minimum atomic E-state index is -0.414. The van der Waals surface area contributed by atoms with Gasteiger partial charge in [0.15, 0.2) is 5.75 Å². The van der Waals surface area contributed by atoms with Crippen LogP contribution in [0.2, 0.25) is 0 Å². The SMILES string of the molecule is C=CC(=O)NOc1ccc(-c2ccc(F)cc2)cc1. The molecule has 1 amide bonds. The summed E-state index contributed by atoms with van der Waals surface area (Å²) in [4.78, 5) is 16.0. The molecule has 0 radical (unpaired) electrons. The zero-order valence-electron chi connectivity index (χ0n) is 10.1. The Morgan fingerprint density at radius 1 is 1.05 bits per heavy atom. The van der Waals surface area contributed by atoms with Crippen LogP contribution in [0.25, 0.3) is 11.1 Å². The van der Waals surface area contributed by atoms with Gasteiger partial charge in [-0.15, -0.1) is 0 Å². The lowest BCUT2D eigenvalue weighted by atomic mass is 10.1. The molecule has 0 aliphatic carbocycles. The van der Waals surface area contributed by atoms with Crippen LogP contribution >= 0.6 is 0 Å². The largest absolute Gasteiger partial charge is 0.379 e. The van der Waals surface area contributed by atoms with E-state index in [1.165, 1.54) is 12.1 Å². The van der Waals surface area contributed by atoms with E-state index in [9.17, 15) is 9.18 Å². The highest BCUT2D eigenvalue weighted by atomic mass is 19.1. The van der Waals surface area contributed by atoms with Crippen molar-refractivity contribution in [1.29, 1.82) is 0 Å². The zero-order chi connectivity index (χ0) is 13.7. The molecule has 4 heteroatoms. The van der Waals surface area contributed by atoms with Crippen molar-refractivity contribution in [2.45, 2.75) is 0 Å². The maximum Gasteiger partial charge on any atom is 0.276 e. The first-order valence-corrected chi connectivity index (χ1v) is 5.64. The van der Waals surface area contributed by atoms with Crippen molar-refractivity contribution in [3.63, 3.8) is 0 Å². The van der Waals surface area contributed by atoms with Gasteiger partial charge < -0.3 is 4.84 Å². The van der Waals surface area contributed by atoms with Crippen LogP contribution in [0, 0.1) is 5.82 Å². The molecule has 0 unspecified atom stereocenters. The molecular formula is C15H12FNO2. The van der Waals surface area contributed by atoms with Gasteiger partial charge in [0.05, 0.1) is 0 Å². The quantitative estimate of drug-likeness (QED) is 0.675. The highest BCUT2D eigenvalue weighted by Crippen LogP contribution is 2.22. The lowest BCUT2D eigenvalue weighted by Gasteiger charge is -2.06. The molecule has 0 aromatic heterocycles. The van der Waals surface area contributed by atoms with Crippen molar-refractivity contribution in [2.24, 2.45) is 0 Å². The second kappa shape index (κ2) is 5.82. The molecule has 0 bridgehead atoms. The number of nitrogens with one attached hydrogen (secondary N) is 1. The first-order chi connectivity index (χ1) is 9.19. The Balaban J connectivity index is 2.07. The van der Waals surface area contributed by atoms with Crippen LogP contribution in [0.1, 0.15) is 0 Å². The fraction of sp³-hybridized carbons (Fsp3) is 0. The van der Waals surface area contributed by atoms with Gasteiger partial charge in [0.25, 0.3) is 5.91 Å². The molecule has 3 nitrogen and oxygen atoms in total. The highest BCUT2D eigenvalue weighted by Gasteiger charge is 2.00. The van der Waals surface area contributed by atoms with Gasteiger partial charge in [-0.1, -0.05) is 30.8 Å². The third kappa shape index (κ3) is 3.42. The summed E-state index contributed by atoms with van der Waals surface area (Å²) < 4.78 is 12.8. The minimum Gasteiger partial charge on any atom is -0.379 e. The normalized spacial score (nSPS) is 9.74. The predicted octanol–water partition coefficient (Wildman–Crippen LogP) is 3.09. The molecule has 2 aromatic carbocycles. The smallest absolute Gasteiger partial charge is 0.276 e. The van der Waals surface area contributed by atoms with E-state index in [4.69, 9.17) is 4.84 Å². The molecule has 0 heterocycles. The van der Waals surface area contributed by atoms with E-state index in [0.29, 0.717) is 5.75 Å². The Morgan fingerprint density at radius 2 is 1.58 bits per heavy atom. The maximum atomic E-state index is 12.8. The van der Waals surface area contributed by atoms with Gasteiger partial charge in [-0.2, -0.15) is 5.48 Å². The molecule has 1 N–H and O–H groups in total. The van der Waals surface area contributed by atoms with E-state index < -0.39 is 5.91 Å². The van der Waals surface area contributed by atoms with Gasteiger partial charge >= 0.3 is 0 Å². The molecule has 0 aliphatic rings. The van der Waals surface area contributed by atoms with E-state index in [2.05, 4.69) is 12.1 Å². The number of hydrogen-bond donors (Lipinski definition) is 1. The van der Waals surface area contributed by atoms with Crippen LogP contribution in [0.3, 0.4) is 0 Å². The van der Waals surface area contributed by atoms with Crippen molar-refractivity contribution in [3.8, 4) is 16.9 Å². The summed E-state index contributed by atoms with van der Waals surface area (Å²) in [6.07, 6.45) is 1.12. The summed E-state index contributed by atoms with van der Waals surface area (Å²) in [5.41, 5.74) is 4.05. The van der Waals surface area contributed by atoms with E-state index in [-0.39, 0.29) is 5.82 Å². The molecule has 0 saturated carbocycles. The van der Waals surface area contributed by atoms with E-state index in [0.717, 1.165) is 17.2 Å². The number of carbonyl (C=O) groups excluding carboxylic acids is 1. The third-order valence-corrected chi connectivity index (χ3v) is 2.49. The molecule has 0 spiro atoms. The second-order valence-corrected chi connectivity index (χ2v) is 3.80. The first kappa shape index (κ1) is 12.8. The average Bonchev–Trinajstić information content (AvgIpc) is 2.46. The fourth-order valence-corrected chi connectivity index (χ4v) is 1.51. The summed E-state index contributed by atoms with van der Waals surface area (Å²) in [6.45, 7) is 3.31. The van der Waals surface area contributed by atoms with E-state index in [1.807, 2.05) is 12.1 Å². The number of benzene rings is 2. The van der Waals surface area contributed by atoms with Gasteiger partial charge in [-0.3, -0.25) is 4.79 Å². The molecule has 2 rings (SSSR count). The van der Waals surface area contributed by atoms with Crippen LogP contribution in [-0.2, 0) is 4.79 Å². The highest BCUT2D eigenvalue weighted by molar-refractivity contribution is 5.86. The van der Waals surface area contributed by atoms with Crippen LogP contribution in [0.4, 0.5) is 4.39 Å². The molecule has 0 saturated heterocycles. The minimum absolute atomic E-state index is 0.268. The lowest BCUT2D eigenvalue weighted by Crippen LogP contribution is -2.24. The van der Waals surface area contributed by atoms with E-state index >= 15 is 0 Å². The Morgan fingerprint density at radius 3 is 2.11 bits per heavy atom. The van der Waals surface area contributed by atoms with Gasteiger partial charge in [0, 0.05) is 0 Å². The predicted molar refractivity (Wildman–Crippen MR) is 70.8 cm³/mol. The van der Waals surface area contributed by atoms with Gasteiger partial charge in [-0.05, 0) is 41.5 Å². The van der Waals surface area contributed by atoms with Gasteiger partial charge in [-0.25, -0.2) is 4.39 Å². The van der Waals surface area contributed by atoms with Crippen LogP contribution in [0.15, 0.2) is 61.2 Å². The van der Waals surface area contributed by atoms with Gasteiger partial charge in [0.1, 0.15) is 5.82 Å². The number of halogens is 1. The summed E-state index contributed by atoms with van der Waals surface area (Å²) in [5.74, 6) is -0.181. The van der Waals surface area contributed by atoms with Crippen molar-refractivity contribution in [3.05, 3.63) is 67.0 Å². The molecular weight excluding hydrogens is 245 g/mol. The third-order valence-electron chi connectivity index (χ3n) is 2.49. The summed E-state index contributed by atoms with van der Waals surface area (Å²) in [7, 11) is 0. The molecule has 0 aliphatic heterocycles. The van der Waals surface area contributed by atoms with Crippen LogP contribution < -0.4 is 10.3 Å². The lowest BCUT2D eigenvalue weighted by molar-refractivity contribution is -0.122. The summed E-state index contributed by atoms with van der Waals surface area (Å²) in [6, 6.07) is 13.3. The molecule has 2 aromatic rings.